The summed E-state index contributed by atoms with van der Waals surface area (Å²) in [5.41, 5.74) is 0. The van der Waals surface area contributed by atoms with Gasteiger partial charge in [0.25, 0.3) is 0 Å². The van der Waals surface area contributed by atoms with Gasteiger partial charge in [-0.1, -0.05) is 116 Å². The molecule has 0 amide bonds. The van der Waals surface area contributed by atoms with Gasteiger partial charge < -0.3 is 14.6 Å². The predicted molar refractivity (Wildman–Crippen MR) is 145 cm³/mol. The van der Waals surface area contributed by atoms with Gasteiger partial charge in [-0.2, -0.15) is 0 Å². The first-order valence-corrected chi connectivity index (χ1v) is 14.8. The van der Waals surface area contributed by atoms with E-state index in [0.717, 1.165) is 38.5 Å². The first kappa shape index (κ1) is 33.6. The van der Waals surface area contributed by atoms with E-state index in [1.54, 1.807) is 0 Å². The van der Waals surface area contributed by atoms with E-state index in [2.05, 4.69) is 26.0 Å². The lowest BCUT2D eigenvalue weighted by Crippen LogP contribution is -2.27. The molecular formula is C30H56O5. The molecule has 0 spiro atoms. The number of rotatable bonds is 26. The summed E-state index contributed by atoms with van der Waals surface area (Å²) in [4.78, 5) is 23.6. The van der Waals surface area contributed by atoms with Gasteiger partial charge in [0.1, 0.15) is 0 Å². The van der Waals surface area contributed by atoms with Crippen LogP contribution in [0.25, 0.3) is 0 Å². The van der Waals surface area contributed by atoms with Gasteiger partial charge in [-0.15, -0.1) is 0 Å². The Labute approximate surface area is 216 Å². The molecule has 0 fully saturated rings. The van der Waals surface area contributed by atoms with Crippen LogP contribution in [-0.4, -0.2) is 36.4 Å². The van der Waals surface area contributed by atoms with Crippen LogP contribution in [0.3, 0.4) is 0 Å². The summed E-state index contributed by atoms with van der Waals surface area (Å²) < 4.78 is 10.2. The monoisotopic (exact) mass is 496 g/mol. The van der Waals surface area contributed by atoms with E-state index in [1.165, 1.54) is 89.9 Å². The lowest BCUT2D eigenvalue weighted by Gasteiger charge is -2.10. The van der Waals surface area contributed by atoms with Crippen LogP contribution in [0.1, 0.15) is 149 Å². The zero-order chi connectivity index (χ0) is 25.8. The molecule has 1 unspecified atom stereocenters. The number of hydrogen-bond acceptors (Lipinski definition) is 5. The third kappa shape index (κ3) is 25.5. The highest BCUT2D eigenvalue weighted by atomic mass is 16.6. The Morgan fingerprint density at radius 1 is 0.600 bits per heavy atom. The number of esters is 2. The summed E-state index contributed by atoms with van der Waals surface area (Å²) in [5, 5.41) is 9.82. The number of unbranched alkanes of at least 4 members (excludes halogenated alkanes) is 17. The average Bonchev–Trinajstić information content (AvgIpc) is 2.85. The zero-order valence-electron chi connectivity index (χ0n) is 23.1. The molecule has 35 heavy (non-hydrogen) atoms. The second-order valence-electron chi connectivity index (χ2n) is 9.81. The van der Waals surface area contributed by atoms with Crippen LogP contribution < -0.4 is 0 Å². The van der Waals surface area contributed by atoms with Gasteiger partial charge in [-0.3, -0.25) is 4.79 Å². The Kier molecular flexibility index (Phi) is 26.2. The molecule has 0 radical (unpaired) electrons. The predicted octanol–water partition coefficient (Wildman–Crippen LogP) is 8.22. The van der Waals surface area contributed by atoms with Crippen LogP contribution in [0.15, 0.2) is 12.2 Å². The number of carbonyl (C=O) groups is 2. The number of aliphatic hydroxyl groups is 1. The summed E-state index contributed by atoms with van der Waals surface area (Å²) in [6, 6.07) is 0. The fraction of sp³-hybridized carbons (Fsp3) is 0.867. The third-order valence-electron chi connectivity index (χ3n) is 6.29. The Morgan fingerprint density at radius 3 is 1.49 bits per heavy atom. The van der Waals surface area contributed by atoms with Crippen LogP contribution in [0, 0.1) is 0 Å². The van der Waals surface area contributed by atoms with Crippen LogP contribution in [0.4, 0.5) is 0 Å². The van der Waals surface area contributed by atoms with E-state index in [4.69, 9.17) is 9.47 Å². The second-order valence-corrected chi connectivity index (χ2v) is 9.81. The highest BCUT2D eigenvalue weighted by Crippen LogP contribution is 2.10. The molecule has 5 heteroatoms. The van der Waals surface area contributed by atoms with Gasteiger partial charge in [-0.25, -0.2) is 4.79 Å². The molecule has 0 bridgehead atoms. The van der Waals surface area contributed by atoms with Crippen molar-refractivity contribution in [2.45, 2.75) is 155 Å². The fourth-order valence-electron chi connectivity index (χ4n) is 3.99. The number of carbonyl (C=O) groups excluding carboxylic acids is 2. The van der Waals surface area contributed by atoms with Crippen molar-refractivity contribution in [2.75, 3.05) is 13.2 Å². The Morgan fingerprint density at radius 2 is 1.00 bits per heavy atom. The summed E-state index contributed by atoms with van der Waals surface area (Å²) in [6.07, 6.45) is 26.8. The molecule has 0 aromatic carbocycles. The second kappa shape index (κ2) is 27.2. The van der Waals surface area contributed by atoms with E-state index in [-0.39, 0.29) is 6.42 Å². The minimum Gasteiger partial charge on any atom is -0.466 e. The molecule has 0 aromatic heterocycles. The van der Waals surface area contributed by atoms with Gasteiger partial charge in [0.2, 0.25) is 0 Å². The van der Waals surface area contributed by atoms with Crippen molar-refractivity contribution in [3.05, 3.63) is 12.2 Å². The molecule has 1 N–H and O–H groups in total. The molecule has 206 valence electrons. The Hall–Kier alpha value is -1.36. The maximum Gasteiger partial charge on any atom is 0.335 e. The smallest absolute Gasteiger partial charge is 0.335 e. The molecule has 0 rings (SSSR count). The number of ether oxygens (including phenoxy) is 2. The average molecular weight is 497 g/mol. The number of allylic oxidation sites excluding steroid dienone is 2. The summed E-state index contributed by atoms with van der Waals surface area (Å²) in [6.45, 7) is 5.08. The highest BCUT2D eigenvalue weighted by Gasteiger charge is 2.21. The van der Waals surface area contributed by atoms with Gasteiger partial charge in [0.05, 0.1) is 19.6 Å². The maximum atomic E-state index is 11.8. The van der Waals surface area contributed by atoms with E-state index in [1.807, 2.05) is 0 Å². The molecule has 0 aliphatic rings. The van der Waals surface area contributed by atoms with Crippen LogP contribution >= 0.6 is 0 Å². The Bertz CT molecular complexity index is 503. The maximum absolute atomic E-state index is 11.8. The van der Waals surface area contributed by atoms with Crippen molar-refractivity contribution >= 4 is 11.9 Å². The van der Waals surface area contributed by atoms with Gasteiger partial charge in [0, 0.05) is 0 Å². The van der Waals surface area contributed by atoms with E-state index in [0.29, 0.717) is 13.2 Å². The van der Waals surface area contributed by atoms with Crippen molar-refractivity contribution in [3.63, 3.8) is 0 Å². The van der Waals surface area contributed by atoms with Crippen molar-refractivity contribution in [3.8, 4) is 0 Å². The Balaban J connectivity index is 3.44. The molecule has 0 saturated carbocycles. The fourth-order valence-corrected chi connectivity index (χ4v) is 3.99. The van der Waals surface area contributed by atoms with Crippen LogP contribution in [0.2, 0.25) is 0 Å². The van der Waals surface area contributed by atoms with Gasteiger partial charge in [-0.05, 0) is 38.5 Å². The molecular weight excluding hydrogens is 440 g/mol. The van der Waals surface area contributed by atoms with Crippen LogP contribution in [0.5, 0.6) is 0 Å². The van der Waals surface area contributed by atoms with E-state index in [9.17, 15) is 14.7 Å². The van der Waals surface area contributed by atoms with E-state index >= 15 is 0 Å². The SMILES string of the molecule is CCCCCCCCC=CCCCCCCCCOC(=O)CC(O)C(=O)OCCCCCCCC. The van der Waals surface area contributed by atoms with Crippen molar-refractivity contribution in [1.29, 1.82) is 0 Å². The minimum absolute atomic E-state index is 0.298. The highest BCUT2D eigenvalue weighted by molar-refractivity contribution is 5.81. The molecule has 0 aliphatic carbocycles. The molecule has 1 atom stereocenters. The van der Waals surface area contributed by atoms with Crippen molar-refractivity contribution in [2.24, 2.45) is 0 Å². The lowest BCUT2D eigenvalue weighted by atomic mass is 10.1. The van der Waals surface area contributed by atoms with Gasteiger partial charge >= 0.3 is 11.9 Å². The largest absolute Gasteiger partial charge is 0.466 e. The number of hydrogen-bond donors (Lipinski definition) is 1. The summed E-state index contributed by atoms with van der Waals surface area (Å²) >= 11 is 0. The minimum atomic E-state index is -1.43. The van der Waals surface area contributed by atoms with Crippen molar-refractivity contribution < 1.29 is 24.2 Å². The zero-order valence-corrected chi connectivity index (χ0v) is 23.1. The van der Waals surface area contributed by atoms with Crippen molar-refractivity contribution in [1.82, 2.24) is 0 Å². The molecule has 0 aromatic rings. The molecule has 0 heterocycles. The summed E-state index contributed by atoms with van der Waals surface area (Å²) in [5.74, 6) is -1.27. The summed E-state index contributed by atoms with van der Waals surface area (Å²) in [7, 11) is 0. The molecule has 0 saturated heterocycles. The van der Waals surface area contributed by atoms with Gasteiger partial charge in [0.15, 0.2) is 6.10 Å². The topological polar surface area (TPSA) is 72.8 Å². The first-order valence-electron chi connectivity index (χ1n) is 14.8. The molecule has 0 aliphatic heterocycles. The quantitative estimate of drug-likeness (QED) is 0.0741. The standard InChI is InChI=1S/C30H56O5/c1-3-5-7-9-11-12-13-14-15-16-17-18-19-20-22-23-25-34-29(32)27-28(31)30(33)35-26-24-21-10-8-6-4-2/h14-15,28,31H,3-13,16-27H2,1-2H3. The molecule has 5 nitrogen and oxygen atoms in total. The third-order valence-corrected chi connectivity index (χ3v) is 6.29. The first-order chi connectivity index (χ1) is 17.1. The lowest BCUT2D eigenvalue weighted by molar-refractivity contribution is -0.160. The number of aliphatic hydroxyl groups excluding tert-OH is 1. The van der Waals surface area contributed by atoms with Crippen LogP contribution in [-0.2, 0) is 19.1 Å². The van der Waals surface area contributed by atoms with E-state index < -0.39 is 18.0 Å². The normalized spacial score (nSPS) is 12.2.